The van der Waals surface area contributed by atoms with Crippen LogP contribution in [0.15, 0.2) is 0 Å². The first-order chi connectivity index (χ1) is 40.1. The van der Waals surface area contributed by atoms with E-state index in [1.807, 2.05) is 0 Å². The lowest BCUT2D eigenvalue weighted by atomic mass is 9.99. The van der Waals surface area contributed by atoms with Crippen LogP contribution in [0.2, 0.25) is 0 Å². The number of hydrogen-bond donors (Lipinski definition) is 3. The van der Waals surface area contributed by atoms with E-state index in [1.54, 1.807) is 0 Å². The molecule has 6 atom stereocenters. The smallest absolute Gasteiger partial charge is 0.462 e. The summed E-state index contributed by atoms with van der Waals surface area (Å²) in [5, 5.41) is 10.5. The Morgan fingerprint density at radius 3 is 0.855 bits per heavy atom. The maximum atomic E-state index is 13.0. The highest BCUT2D eigenvalue weighted by Gasteiger charge is 2.30. The van der Waals surface area contributed by atoms with Gasteiger partial charge in [-0.2, -0.15) is 0 Å². The van der Waals surface area contributed by atoms with Gasteiger partial charge >= 0.3 is 39.5 Å². The largest absolute Gasteiger partial charge is 0.472 e. The lowest BCUT2D eigenvalue weighted by molar-refractivity contribution is -0.161. The van der Waals surface area contributed by atoms with Gasteiger partial charge in [-0.05, 0) is 31.6 Å². The normalized spacial score (nSPS) is 14.6. The van der Waals surface area contributed by atoms with Crippen LogP contribution < -0.4 is 0 Å². The minimum Gasteiger partial charge on any atom is -0.462 e. The van der Waals surface area contributed by atoms with Gasteiger partial charge in [0.2, 0.25) is 0 Å². The van der Waals surface area contributed by atoms with E-state index < -0.39 is 97.5 Å². The topological polar surface area (TPSA) is 237 Å². The summed E-state index contributed by atoms with van der Waals surface area (Å²) in [6.45, 7) is 7.18. The lowest BCUT2D eigenvalue weighted by Crippen LogP contribution is -2.30. The molecule has 0 amide bonds. The summed E-state index contributed by atoms with van der Waals surface area (Å²) in [6.07, 6.45) is 41.6. The van der Waals surface area contributed by atoms with E-state index in [1.165, 1.54) is 135 Å². The van der Waals surface area contributed by atoms with Gasteiger partial charge < -0.3 is 33.8 Å². The van der Waals surface area contributed by atoms with E-state index in [0.717, 1.165) is 109 Å². The van der Waals surface area contributed by atoms with Gasteiger partial charge in [-0.3, -0.25) is 37.3 Å². The number of ether oxygens (including phenoxy) is 4. The predicted octanol–water partition coefficient (Wildman–Crippen LogP) is 17.8. The fourth-order valence-electron chi connectivity index (χ4n) is 9.55. The fourth-order valence-corrected chi connectivity index (χ4v) is 11.1. The van der Waals surface area contributed by atoms with Crippen LogP contribution in [0, 0.1) is 5.92 Å². The molecule has 0 fully saturated rings. The van der Waals surface area contributed by atoms with Crippen molar-refractivity contribution in [1.82, 2.24) is 0 Å². The third kappa shape index (κ3) is 57.6. The van der Waals surface area contributed by atoms with Gasteiger partial charge in [0.05, 0.1) is 26.4 Å². The molecule has 0 aliphatic heterocycles. The number of esters is 4. The highest BCUT2D eigenvalue weighted by molar-refractivity contribution is 7.47. The van der Waals surface area contributed by atoms with Crippen molar-refractivity contribution in [1.29, 1.82) is 0 Å². The minimum absolute atomic E-state index is 0.106. The van der Waals surface area contributed by atoms with Crippen molar-refractivity contribution in [2.75, 3.05) is 39.6 Å². The van der Waals surface area contributed by atoms with E-state index in [9.17, 15) is 43.2 Å². The molecular formula is C64H124O17P2. The van der Waals surface area contributed by atoms with Crippen LogP contribution in [0.3, 0.4) is 0 Å². The van der Waals surface area contributed by atoms with Crippen molar-refractivity contribution >= 4 is 39.5 Å². The number of phosphoric acid groups is 2. The van der Waals surface area contributed by atoms with Gasteiger partial charge in [0.15, 0.2) is 12.2 Å². The number of hydrogen-bond acceptors (Lipinski definition) is 15. The molecule has 19 heteroatoms. The van der Waals surface area contributed by atoms with E-state index in [-0.39, 0.29) is 25.7 Å². The summed E-state index contributed by atoms with van der Waals surface area (Å²) in [4.78, 5) is 72.1. The molecule has 83 heavy (non-hydrogen) atoms. The zero-order valence-corrected chi connectivity index (χ0v) is 55.1. The van der Waals surface area contributed by atoms with Crippen molar-refractivity contribution < 1.29 is 80.2 Å². The molecule has 0 radical (unpaired) electrons. The monoisotopic (exact) mass is 1230 g/mol. The number of carbonyl (C=O) groups is 4. The Morgan fingerprint density at radius 2 is 0.578 bits per heavy atom. The van der Waals surface area contributed by atoms with Gasteiger partial charge in [-0.15, -0.1) is 0 Å². The zero-order chi connectivity index (χ0) is 61.3. The molecule has 0 aromatic heterocycles. The van der Waals surface area contributed by atoms with Gasteiger partial charge in [0, 0.05) is 25.7 Å². The first-order valence-electron chi connectivity index (χ1n) is 33.7. The first-order valence-corrected chi connectivity index (χ1v) is 36.7. The van der Waals surface area contributed by atoms with Crippen LogP contribution in [0.5, 0.6) is 0 Å². The van der Waals surface area contributed by atoms with Gasteiger partial charge in [0.25, 0.3) is 0 Å². The summed E-state index contributed by atoms with van der Waals surface area (Å²) in [5.41, 5.74) is 0. The number of aliphatic hydroxyl groups is 1. The number of aliphatic hydroxyl groups excluding tert-OH is 1. The molecule has 3 N–H and O–H groups in total. The number of carbonyl (C=O) groups excluding carboxylic acids is 4. The molecular weight excluding hydrogens is 1100 g/mol. The Bertz CT molecular complexity index is 1620. The molecule has 0 bridgehead atoms. The van der Waals surface area contributed by atoms with Crippen molar-refractivity contribution in [2.24, 2.45) is 5.92 Å². The Morgan fingerprint density at radius 1 is 0.337 bits per heavy atom. The molecule has 3 unspecified atom stereocenters. The van der Waals surface area contributed by atoms with E-state index in [0.29, 0.717) is 25.7 Å². The molecule has 17 nitrogen and oxygen atoms in total. The lowest BCUT2D eigenvalue weighted by Gasteiger charge is -2.21. The van der Waals surface area contributed by atoms with E-state index in [4.69, 9.17) is 37.0 Å². The van der Waals surface area contributed by atoms with Crippen LogP contribution in [0.1, 0.15) is 324 Å². The van der Waals surface area contributed by atoms with Gasteiger partial charge in [0.1, 0.15) is 19.3 Å². The zero-order valence-electron chi connectivity index (χ0n) is 53.3. The van der Waals surface area contributed by atoms with E-state index >= 15 is 0 Å². The summed E-state index contributed by atoms with van der Waals surface area (Å²) >= 11 is 0. The van der Waals surface area contributed by atoms with Crippen LogP contribution in [0.25, 0.3) is 0 Å². The highest BCUT2D eigenvalue weighted by Crippen LogP contribution is 2.45. The quantitative estimate of drug-likeness (QED) is 0.0222. The molecule has 0 aliphatic carbocycles. The maximum absolute atomic E-state index is 13.0. The van der Waals surface area contributed by atoms with Crippen molar-refractivity contribution in [3.05, 3.63) is 0 Å². The summed E-state index contributed by atoms with van der Waals surface area (Å²) < 4.78 is 67.9. The van der Waals surface area contributed by atoms with E-state index in [2.05, 4.69) is 34.6 Å². The molecule has 0 aromatic carbocycles. The Hall–Kier alpha value is -1.94. The number of rotatable bonds is 64. The molecule has 0 rings (SSSR count). The second-order valence-corrected chi connectivity index (χ2v) is 26.3. The third-order valence-corrected chi connectivity index (χ3v) is 17.0. The average molecular weight is 1230 g/mol. The average Bonchev–Trinajstić information content (AvgIpc) is 3.46. The van der Waals surface area contributed by atoms with Gasteiger partial charge in [-0.25, -0.2) is 9.13 Å². The van der Waals surface area contributed by atoms with Crippen LogP contribution in [-0.4, -0.2) is 96.7 Å². The summed E-state index contributed by atoms with van der Waals surface area (Å²) in [5.74, 6) is -1.33. The molecule has 0 aliphatic rings. The third-order valence-electron chi connectivity index (χ3n) is 15.1. The molecule has 0 saturated heterocycles. The second kappa shape index (κ2) is 57.8. The molecule has 0 spiro atoms. The summed E-state index contributed by atoms with van der Waals surface area (Å²) in [6, 6.07) is 0. The van der Waals surface area contributed by atoms with Crippen LogP contribution >= 0.6 is 15.6 Å². The summed E-state index contributed by atoms with van der Waals surface area (Å²) in [7, 11) is -9.88. The predicted molar refractivity (Wildman–Crippen MR) is 331 cm³/mol. The second-order valence-electron chi connectivity index (χ2n) is 23.4. The Kier molecular flexibility index (Phi) is 56.4. The molecule has 0 aromatic rings. The first kappa shape index (κ1) is 81.1. The SMILES string of the molecule is CCCCCCCCCCCCCCC(=O)OC[C@H](COP(=O)(O)OC[C@@H](O)COP(=O)(O)OC[C@@H](COC(=O)CCCCCCCCC)OC(=O)CCCCCCCCCCCC)OC(=O)CCCCCCCCCCCCC(C)CC. The Labute approximate surface area is 505 Å². The molecule has 0 heterocycles. The fraction of sp³-hybridized carbons (Fsp3) is 0.938. The molecule has 492 valence electrons. The van der Waals surface area contributed by atoms with Crippen molar-refractivity contribution in [2.45, 2.75) is 342 Å². The maximum Gasteiger partial charge on any atom is 0.472 e. The van der Waals surface area contributed by atoms with Crippen LogP contribution in [0.4, 0.5) is 0 Å². The minimum atomic E-state index is -4.94. The molecule has 0 saturated carbocycles. The van der Waals surface area contributed by atoms with Crippen molar-refractivity contribution in [3.8, 4) is 0 Å². The highest BCUT2D eigenvalue weighted by atomic mass is 31.2. The van der Waals surface area contributed by atoms with Crippen LogP contribution in [-0.2, 0) is 65.4 Å². The Balaban J connectivity index is 5.22. The number of phosphoric ester groups is 2. The standard InChI is InChI=1S/C64H124O17P2/c1-6-10-13-16-19-21-23-24-29-33-38-43-48-62(67)75-54-60(81-64(69)50-45-40-35-30-26-25-27-32-36-41-46-57(5)9-4)56-79-83(72,73)77-52-58(65)51-76-82(70,71)78-55-59(53-74-61(66)47-42-37-31-18-15-12-8-3)80-63(68)49-44-39-34-28-22-20-17-14-11-7-2/h57-60,65H,6-56H2,1-5H3,(H,70,71)(H,72,73)/t57?,58-,59+,60+/m0/s1. The number of unbranched alkanes of at least 4 members (excludes halogenated alkanes) is 35. The van der Waals surface area contributed by atoms with Gasteiger partial charge in [-0.1, -0.05) is 272 Å². The van der Waals surface area contributed by atoms with Crippen molar-refractivity contribution in [3.63, 3.8) is 0 Å².